The molecule has 1 aromatic carbocycles. The van der Waals surface area contributed by atoms with Crippen LogP contribution in [0.1, 0.15) is 24.0 Å². The van der Waals surface area contributed by atoms with E-state index < -0.39 is 17.3 Å². The Balaban J connectivity index is 2.12. The Morgan fingerprint density at radius 3 is 2.32 bits per heavy atom. The number of carbonyl (C=O) groups excluding carboxylic acids is 1. The van der Waals surface area contributed by atoms with E-state index in [0.717, 1.165) is 25.0 Å². The van der Waals surface area contributed by atoms with Gasteiger partial charge in [0.25, 0.3) is 0 Å². The number of amides is 1. The first-order chi connectivity index (χ1) is 8.87. The molecule has 0 aliphatic heterocycles. The van der Waals surface area contributed by atoms with E-state index in [4.69, 9.17) is 4.74 Å². The summed E-state index contributed by atoms with van der Waals surface area (Å²) in [6.07, 6.45) is -2.88. The van der Waals surface area contributed by atoms with Crippen molar-refractivity contribution in [3.63, 3.8) is 0 Å². The van der Waals surface area contributed by atoms with Gasteiger partial charge in [0.05, 0.1) is 11.1 Å². The summed E-state index contributed by atoms with van der Waals surface area (Å²) in [6.45, 7) is -0.0532. The molecule has 0 heterocycles. The van der Waals surface area contributed by atoms with Crippen molar-refractivity contribution < 1.29 is 22.7 Å². The van der Waals surface area contributed by atoms with Crippen molar-refractivity contribution in [3.05, 3.63) is 35.4 Å². The first-order valence-electron chi connectivity index (χ1n) is 5.85. The van der Waals surface area contributed by atoms with Crippen LogP contribution in [0, 0.1) is 0 Å². The first kappa shape index (κ1) is 13.9. The predicted molar refractivity (Wildman–Crippen MR) is 62.4 cm³/mol. The molecule has 0 radical (unpaired) electrons. The third-order valence-corrected chi connectivity index (χ3v) is 3.17. The highest BCUT2D eigenvalue weighted by Crippen LogP contribution is 2.46. The fraction of sp³-hybridized carbons (Fsp3) is 0.462. The maximum absolute atomic E-state index is 12.5. The van der Waals surface area contributed by atoms with Gasteiger partial charge in [-0.2, -0.15) is 13.2 Å². The van der Waals surface area contributed by atoms with Gasteiger partial charge in [0.1, 0.15) is 6.61 Å². The van der Waals surface area contributed by atoms with Gasteiger partial charge in [-0.15, -0.1) is 0 Å². The van der Waals surface area contributed by atoms with Crippen molar-refractivity contribution >= 4 is 5.91 Å². The number of nitrogens with one attached hydrogen (secondary N) is 1. The Labute approximate surface area is 108 Å². The van der Waals surface area contributed by atoms with Gasteiger partial charge in [0.2, 0.25) is 5.91 Å². The van der Waals surface area contributed by atoms with Crippen LogP contribution in [-0.4, -0.2) is 19.6 Å². The molecule has 0 aromatic heterocycles. The molecule has 1 aliphatic carbocycles. The van der Waals surface area contributed by atoms with Crippen molar-refractivity contribution in [2.75, 3.05) is 13.7 Å². The van der Waals surface area contributed by atoms with Crippen molar-refractivity contribution in [3.8, 4) is 0 Å². The van der Waals surface area contributed by atoms with Crippen LogP contribution in [0.5, 0.6) is 0 Å². The lowest BCUT2D eigenvalue weighted by Gasteiger charge is -2.18. The summed E-state index contributed by atoms with van der Waals surface area (Å²) in [5, 5.41) is 2.80. The van der Waals surface area contributed by atoms with E-state index >= 15 is 0 Å². The second kappa shape index (κ2) is 4.85. The zero-order chi connectivity index (χ0) is 14.1. The van der Waals surface area contributed by atoms with Gasteiger partial charge in [-0.3, -0.25) is 4.79 Å². The number of alkyl halides is 3. The number of rotatable bonds is 4. The van der Waals surface area contributed by atoms with Gasteiger partial charge >= 0.3 is 6.18 Å². The Morgan fingerprint density at radius 1 is 1.32 bits per heavy atom. The molecule has 1 saturated carbocycles. The molecule has 0 spiro atoms. The number of ether oxygens (including phenoxy) is 1. The summed E-state index contributed by atoms with van der Waals surface area (Å²) in [5.74, 6) is -0.264. The van der Waals surface area contributed by atoms with Crippen LogP contribution < -0.4 is 5.32 Å². The minimum Gasteiger partial charge on any atom is -0.375 e. The topological polar surface area (TPSA) is 38.3 Å². The number of carbonyl (C=O) groups is 1. The Bertz CT molecular complexity index is 464. The molecule has 1 N–H and O–H groups in total. The number of methoxy groups -OCH3 is 1. The average Bonchev–Trinajstić information content (AvgIpc) is 3.09. The predicted octanol–water partition coefficient (Wildman–Crippen LogP) is 2.46. The molecule has 6 heteroatoms. The zero-order valence-electron chi connectivity index (χ0n) is 10.4. The molecule has 104 valence electrons. The van der Waals surface area contributed by atoms with Crippen LogP contribution in [0.15, 0.2) is 24.3 Å². The van der Waals surface area contributed by atoms with Crippen LogP contribution in [0.2, 0.25) is 0 Å². The Hall–Kier alpha value is -1.56. The molecule has 3 nitrogen and oxygen atoms in total. The van der Waals surface area contributed by atoms with Gasteiger partial charge in [0.15, 0.2) is 0 Å². The molecule has 0 unspecified atom stereocenters. The van der Waals surface area contributed by atoms with E-state index in [-0.39, 0.29) is 12.5 Å². The first-order valence-corrected chi connectivity index (χ1v) is 5.85. The maximum Gasteiger partial charge on any atom is 0.416 e. The largest absolute Gasteiger partial charge is 0.416 e. The number of hydrogen-bond acceptors (Lipinski definition) is 2. The second-order valence-corrected chi connectivity index (χ2v) is 4.64. The molecule has 1 amide bonds. The van der Waals surface area contributed by atoms with Gasteiger partial charge in [-0.1, -0.05) is 12.1 Å². The summed E-state index contributed by atoms with van der Waals surface area (Å²) in [6, 6.07) is 4.92. The normalized spacial score (nSPS) is 17.1. The van der Waals surface area contributed by atoms with Crippen molar-refractivity contribution in [1.82, 2.24) is 5.32 Å². The Kier molecular flexibility index (Phi) is 3.54. The van der Waals surface area contributed by atoms with Gasteiger partial charge < -0.3 is 10.1 Å². The summed E-state index contributed by atoms with van der Waals surface area (Å²) >= 11 is 0. The molecule has 1 aromatic rings. The minimum absolute atomic E-state index is 0.0532. The highest BCUT2D eigenvalue weighted by atomic mass is 19.4. The molecule has 1 fully saturated rings. The summed E-state index contributed by atoms with van der Waals surface area (Å²) in [5.41, 5.74) is -0.500. The maximum atomic E-state index is 12.5. The van der Waals surface area contributed by atoms with Crippen LogP contribution >= 0.6 is 0 Å². The lowest BCUT2D eigenvalue weighted by Crippen LogP contribution is -2.37. The van der Waals surface area contributed by atoms with Crippen LogP contribution in [0.4, 0.5) is 13.2 Å². The SMILES string of the molecule is COCC(=O)NC1(c2ccc(C(F)(F)F)cc2)CC1. The molecule has 2 rings (SSSR count). The lowest BCUT2D eigenvalue weighted by molar-refractivity contribution is -0.137. The van der Waals surface area contributed by atoms with E-state index in [1.165, 1.54) is 19.2 Å². The van der Waals surface area contributed by atoms with E-state index in [2.05, 4.69) is 5.32 Å². The third kappa shape index (κ3) is 3.07. The number of hydrogen-bond donors (Lipinski definition) is 1. The Morgan fingerprint density at radius 2 is 1.89 bits per heavy atom. The van der Waals surface area contributed by atoms with Crippen LogP contribution in [-0.2, 0) is 21.2 Å². The number of benzene rings is 1. The van der Waals surface area contributed by atoms with Gasteiger partial charge in [0, 0.05) is 7.11 Å². The monoisotopic (exact) mass is 273 g/mol. The summed E-state index contributed by atoms with van der Waals surface area (Å²) in [7, 11) is 1.41. The average molecular weight is 273 g/mol. The fourth-order valence-electron chi connectivity index (χ4n) is 2.02. The second-order valence-electron chi connectivity index (χ2n) is 4.64. The molecule has 0 saturated heterocycles. The van der Waals surface area contributed by atoms with Crippen LogP contribution in [0.3, 0.4) is 0 Å². The highest BCUT2D eigenvalue weighted by Gasteiger charge is 2.45. The van der Waals surface area contributed by atoms with Crippen molar-refractivity contribution in [2.24, 2.45) is 0 Å². The molecule has 0 bridgehead atoms. The quantitative estimate of drug-likeness (QED) is 0.915. The molecular weight excluding hydrogens is 259 g/mol. The molecular formula is C13H14F3NO2. The van der Waals surface area contributed by atoms with E-state index in [1.54, 1.807) is 0 Å². The van der Waals surface area contributed by atoms with Crippen molar-refractivity contribution in [2.45, 2.75) is 24.6 Å². The smallest absolute Gasteiger partial charge is 0.375 e. The molecule has 0 atom stereocenters. The zero-order valence-corrected chi connectivity index (χ0v) is 10.4. The molecule has 19 heavy (non-hydrogen) atoms. The standard InChI is InChI=1S/C13H14F3NO2/c1-19-8-11(18)17-12(6-7-12)9-2-4-10(5-3-9)13(14,15)16/h2-5H,6-8H2,1H3,(H,17,18). The van der Waals surface area contributed by atoms with E-state index in [1.807, 2.05) is 0 Å². The third-order valence-electron chi connectivity index (χ3n) is 3.17. The van der Waals surface area contributed by atoms with Crippen LogP contribution in [0.25, 0.3) is 0 Å². The summed E-state index contributed by atoms with van der Waals surface area (Å²) < 4.78 is 42.1. The highest BCUT2D eigenvalue weighted by molar-refractivity contribution is 5.78. The number of halogens is 3. The van der Waals surface area contributed by atoms with Crippen molar-refractivity contribution in [1.29, 1.82) is 0 Å². The van der Waals surface area contributed by atoms with E-state index in [9.17, 15) is 18.0 Å². The summed E-state index contributed by atoms with van der Waals surface area (Å²) in [4.78, 5) is 11.5. The lowest BCUT2D eigenvalue weighted by atomic mass is 10.0. The minimum atomic E-state index is -4.34. The fourth-order valence-corrected chi connectivity index (χ4v) is 2.02. The van der Waals surface area contributed by atoms with Gasteiger partial charge in [-0.05, 0) is 30.5 Å². The molecule has 1 aliphatic rings. The van der Waals surface area contributed by atoms with E-state index in [0.29, 0.717) is 5.56 Å². The van der Waals surface area contributed by atoms with Gasteiger partial charge in [-0.25, -0.2) is 0 Å².